The van der Waals surface area contributed by atoms with Crippen LogP contribution < -0.4 is 10.6 Å². The van der Waals surface area contributed by atoms with E-state index in [9.17, 15) is 31.9 Å². The fourth-order valence-electron chi connectivity index (χ4n) is 1.94. The number of rotatable bonds is 7. The smallest absolute Gasteiger partial charge is 0.416 e. The topological polar surface area (TPSA) is 84.5 Å². The summed E-state index contributed by atoms with van der Waals surface area (Å²) in [7, 11) is 0. The Bertz CT molecular complexity index is 675. The fourth-order valence-corrected chi connectivity index (χ4v) is 1.94. The second-order valence-electron chi connectivity index (χ2n) is 5.55. The van der Waals surface area contributed by atoms with Gasteiger partial charge in [-0.05, 0) is 26.0 Å². The number of nitrogens with one attached hydrogen (secondary N) is 2. The van der Waals surface area contributed by atoms with Gasteiger partial charge in [0.2, 0.25) is 0 Å². The Kier molecular flexibility index (Phi) is 7.54. The molecule has 0 saturated carbocycles. The minimum absolute atomic E-state index is 0.393. The van der Waals surface area contributed by atoms with E-state index in [1.54, 1.807) is 13.8 Å². The molecule has 6 nitrogen and oxygen atoms in total. The predicted octanol–water partition coefficient (Wildman–Crippen LogP) is 2.55. The summed E-state index contributed by atoms with van der Waals surface area (Å²) in [5.41, 5.74) is -1.92. The van der Waals surface area contributed by atoms with Crippen molar-refractivity contribution in [1.29, 1.82) is 0 Å². The van der Waals surface area contributed by atoms with Crippen LogP contribution in [0, 0.1) is 5.82 Å². The zero-order valence-corrected chi connectivity index (χ0v) is 14.1. The molecule has 0 unspecified atom stereocenters. The van der Waals surface area contributed by atoms with Gasteiger partial charge in [0.05, 0.1) is 18.2 Å². The molecule has 0 atom stereocenters. The second kappa shape index (κ2) is 9.16. The van der Waals surface area contributed by atoms with Gasteiger partial charge in [0.1, 0.15) is 12.2 Å². The zero-order chi connectivity index (χ0) is 19.9. The van der Waals surface area contributed by atoms with Crippen molar-refractivity contribution in [2.45, 2.75) is 39.1 Å². The van der Waals surface area contributed by atoms with Gasteiger partial charge >= 0.3 is 18.2 Å². The minimum Gasteiger partial charge on any atom is -0.463 e. The summed E-state index contributed by atoms with van der Waals surface area (Å²) in [5, 5.41) is 4.11. The summed E-state index contributed by atoms with van der Waals surface area (Å²) in [6.07, 6.45) is -5.72. The maximum atomic E-state index is 13.6. The van der Waals surface area contributed by atoms with Gasteiger partial charge in [-0.2, -0.15) is 13.2 Å². The van der Waals surface area contributed by atoms with Crippen molar-refractivity contribution >= 4 is 17.8 Å². The number of Topliss-reactive ketones (excluding diaryl/α,β-unsaturated/α-hetero) is 1. The van der Waals surface area contributed by atoms with Gasteiger partial charge in [-0.25, -0.2) is 9.18 Å². The highest BCUT2D eigenvalue weighted by molar-refractivity contribution is 5.97. The molecule has 0 aromatic heterocycles. The van der Waals surface area contributed by atoms with Crippen molar-refractivity contribution in [1.82, 2.24) is 10.6 Å². The van der Waals surface area contributed by atoms with E-state index in [2.05, 4.69) is 5.32 Å². The van der Waals surface area contributed by atoms with Crippen molar-refractivity contribution in [3.63, 3.8) is 0 Å². The standard InChI is InChI=1S/C16H18F4N2O4/c1-9(2)26-14(24)6-10(23)7-21-15(25)22-8-11-12(16(18,19)20)4-3-5-13(11)17/h3-5,9H,6-8H2,1-2H3,(H2,21,22,25). The lowest BCUT2D eigenvalue weighted by molar-refractivity contribution is -0.149. The largest absolute Gasteiger partial charge is 0.463 e. The molecule has 0 aliphatic heterocycles. The number of esters is 1. The average molecular weight is 378 g/mol. The van der Waals surface area contributed by atoms with Crippen LogP contribution in [0.1, 0.15) is 31.4 Å². The van der Waals surface area contributed by atoms with Crippen molar-refractivity contribution < 1.29 is 36.7 Å². The molecule has 1 rings (SSSR count). The molecule has 10 heteroatoms. The van der Waals surface area contributed by atoms with Crippen LogP contribution in [0.5, 0.6) is 0 Å². The number of halogens is 4. The van der Waals surface area contributed by atoms with Gasteiger partial charge in [0, 0.05) is 12.1 Å². The molecule has 2 amide bonds. The van der Waals surface area contributed by atoms with E-state index in [1.807, 2.05) is 5.32 Å². The Morgan fingerprint density at radius 2 is 1.81 bits per heavy atom. The van der Waals surface area contributed by atoms with Gasteiger partial charge < -0.3 is 15.4 Å². The molecular formula is C16H18F4N2O4. The van der Waals surface area contributed by atoms with Crippen LogP contribution in [0.3, 0.4) is 0 Å². The highest BCUT2D eigenvalue weighted by Crippen LogP contribution is 2.32. The number of hydrogen-bond donors (Lipinski definition) is 2. The summed E-state index contributed by atoms with van der Waals surface area (Å²) >= 11 is 0. The lowest BCUT2D eigenvalue weighted by atomic mass is 10.1. The van der Waals surface area contributed by atoms with Gasteiger partial charge in [0.25, 0.3) is 0 Å². The lowest BCUT2D eigenvalue weighted by Crippen LogP contribution is -2.39. The molecule has 0 aliphatic carbocycles. The number of urea groups is 1. The summed E-state index contributed by atoms with van der Waals surface area (Å²) in [5.74, 6) is -2.52. The first-order valence-corrected chi connectivity index (χ1v) is 7.58. The Hall–Kier alpha value is -2.65. The first-order chi connectivity index (χ1) is 12.0. The summed E-state index contributed by atoms with van der Waals surface area (Å²) in [4.78, 5) is 34.3. The Morgan fingerprint density at radius 3 is 2.38 bits per heavy atom. The number of carbonyl (C=O) groups excluding carboxylic acids is 3. The van der Waals surface area contributed by atoms with E-state index >= 15 is 0 Å². The number of benzene rings is 1. The first-order valence-electron chi connectivity index (χ1n) is 7.58. The van der Waals surface area contributed by atoms with E-state index in [4.69, 9.17) is 4.74 Å². The van der Waals surface area contributed by atoms with Crippen LogP contribution in [0.4, 0.5) is 22.4 Å². The molecule has 1 aromatic rings. The van der Waals surface area contributed by atoms with E-state index in [0.29, 0.717) is 6.07 Å². The highest BCUT2D eigenvalue weighted by Gasteiger charge is 2.34. The molecule has 0 bridgehead atoms. The number of amides is 2. The van der Waals surface area contributed by atoms with Crippen molar-refractivity contribution in [3.8, 4) is 0 Å². The van der Waals surface area contributed by atoms with Crippen molar-refractivity contribution in [2.24, 2.45) is 0 Å². The third kappa shape index (κ3) is 7.08. The monoisotopic (exact) mass is 378 g/mol. The average Bonchev–Trinajstić information content (AvgIpc) is 2.49. The molecule has 1 aromatic carbocycles. The predicted molar refractivity (Wildman–Crippen MR) is 82.5 cm³/mol. The van der Waals surface area contributed by atoms with E-state index in [1.165, 1.54) is 0 Å². The molecule has 2 N–H and O–H groups in total. The van der Waals surface area contributed by atoms with Crippen molar-refractivity contribution in [3.05, 3.63) is 35.1 Å². The maximum Gasteiger partial charge on any atom is 0.416 e. The van der Waals surface area contributed by atoms with Crippen LogP contribution in [0.25, 0.3) is 0 Å². The van der Waals surface area contributed by atoms with Crippen LogP contribution in [0.15, 0.2) is 18.2 Å². The van der Waals surface area contributed by atoms with Gasteiger partial charge in [-0.1, -0.05) is 6.07 Å². The van der Waals surface area contributed by atoms with Gasteiger partial charge in [0.15, 0.2) is 5.78 Å². The number of ether oxygens (including phenoxy) is 1. The number of alkyl halides is 3. The number of hydrogen-bond acceptors (Lipinski definition) is 4. The van der Waals surface area contributed by atoms with E-state index in [-0.39, 0.29) is 0 Å². The molecule has 0 aliphatic rings. The van der Waals surface area contributed by atoms with Gasteiger partial charge in [-0.15, -0.1) is 0 Å². The lowest BCUT2D eigenvalue weighted by Gasteiger charge is -2.14. The van der Waals surface area contributed by atoms with Crippen LogP contribution in [-0.4, -0.2) is 30.4 Å². The second-order valence-corrected chi connectivity index (χ2v) is 5.55. The molecule has 0 radical (unpaired) electrons. The molecular weight excluding hydrogens is 360 g/mol. The molecule has 0 fully saturated rings. The molecule has 144 valence electrons. The van der Waals surface area contributed by atoms with E-state index in [0.717, 1.165) is 12.1 Å². The zero-order valence-electron chi connectivity index (χ0n) is 14.1. The Balaban J connectivity index is 2.53. The third-order valence-electron chi connectivity index (χ3n) is 3.00. The van der Waals surface area contributed by atoms with Crippen molar-refractivity contribution in [2.75, 3.05) is 6.54 Å². The van der Waals surface area contributed by atoms with Gasteiger partial charge in [-0.3, -0.25) is 9.59 Å². The number of carbonyl (C=O) groups is 3. The molecule has 26 heavy (non-hydrogen) atoms. The quantitative estimate of drug-likeness (QED) is 0.434. The molecule has 0 heterocycles. The summed E-state index contributed by atoms with van der Waals surface area (Å²) in [6, 6.07) is 1.47. The Labute approximate surface area is 146 Å². The minimum atomic E-state index is -4.78. The first kappa shape index (κ1) is 21.4. The SMILES string of the molecule is CC(C)OC(=O)CC(=O)CNC(=O)NCc1c(F)cccc1C(F)(F)F. The summed E-state index contributed by atoms with van der Waals surface area (Å²) in [6.45, 7) is 1.96. The Morgan fingerprint density at radius 1 is 1.15 bits per heavy atom. The molecule has 0 spiro atoms. The highest BCUT2D eigenvalue weighted by atomic mass is 19.4. The van der Waals surface area contributed by atoms with E-state index < -0.39 is 66.5 Å². The summed E-state index contributed by atoms with van der Waals surface area (Å²) < 4.78 is 56.9. The molecule has 0 saturated heterocycles. The fraction of sp³-hybridized carbons (Fsp3) is 0.438. The maximum absolute atomic E-state index is 13.6. The van der Waals surface area contributed by atoms with Crippen LogP contribution >= 0.6 is 0 Å². The number of ketones is 1. The third-order valence-corrected chi connectivity index (χ3v) is 3.00. The van der Waals surface area contributed by atoms with Crippen LogP contribution in [0.2, 0.25) is 0 Å². The van der Waals surface area contributed by atoms with Crippen LogP contribution in [-0.2, 0) is 27.0 Å². The normalized spacial score (nSPS) is 11.2.